The average molecular weight is 328 g/mol. The second kappa shape index (κ2) is 8.75. The Balaban J connectivity index is 2.60. The van der Waals surface area contributed by atoms with Crippen LogP contribution in [0.1, 0.15) is 13.3 Å². The van der Waals surface area contributed by atoms with Crippen molar-refractivity contribution in [3.05, 3.63) is 24.3 Å². The van der Waals surface area contributed by atoms with Crippen LogP contribution in [0.4, 0.5) is 0 Å². The third kappa shape index (κ3) is 5.65. The lowest BCUT2D eigenvalue weighted by molar-refractivity contribution is -0.123. The van der Waals surface area contributed by atoms with E-state index in [1.807, 2.05) is 7.05 Å². The number of benzene rings is 1. The van der Waals surface area contributed by atoms with Gasteiger partial charge in [0.15, 0.2) is 9.84 Å². The quantitative estimate of drug-likeness (QED) is 0.656. The molecule has 22 heavy (non-hydrogen) atoms. The minimum atomic E-state index is -3.49. The van der Waals surface area contributed by atoms with Gasteiger partial charge in [0.25, 0.3) is 0 Å². The summed E-state index contributed by atoms with van der Waals surface area (Å²) >= 11 is 0. The Bertz CT molecular complexity index is 570. The Morgan fingerprint density at radius 2 is 1.86 bits per heavy atom. The Hall–Kier alpha value is -1.60. The van der Waals surface area contributed by atoms with Crippen LogP contribution in [0.3, 0.4) is 0 Å². The van der Waals surface area contributed by atoms with E-state index in [0.717, 1.165) is 13.0 Å². The van der Waals surface area contributed by atoms with E-state index in [0.29, 0.717) is 12.3 Å². The maximum absolute atomic E-state index is 12.3. The molecule has 7 heteroatoms. The molecule has 0 aliphatic rings. The summed E-state index contributed by atoms with van der Waals surface area (Å²) in [6, 6.07) is 6.17. The zero-order valence-corrected chi connectivity index (χ0v) is 14.1. The van der Waals surface area contributed by atoms with Gasteiger partial charge in [-0.05, 0) is 44.3 Å². The summed E-state index contributed by atoms with van der Waals surface area (Å²) < 4.78 is 29.6. The van der Waals surface area contributed by atoms with Crippen LogP contribution in [0, 0.1) is 5.92 Å². The second-order valence-corrected chi connectivity index (χ2v) is 7.14. The number of nitrogens with one attached hydrogen (secondary N) is 2. The molecule has 1 amide bonds. The van der Waals surface area contributed by atoms with Gasteiger partial charge in [0, 0.05) is 12.5 Å². The van der Waals surface area contributed by atoms with Crippen LogP contribution in [-0.2, 0) is 14.6 Å². The maximum atomic E-state index is 12.3. The highest BCUT2D eigenvalue weighted by Gasteiger charge is 2.23. The minimum absolute atomic E-state index is 0.197. The van der Waals surface area contributed by atoms with Crippen molar-refractivity contribution >= 4 is 15.7 Å². The van der Waals surface area contributed by atoms with Crippen molar-refractivity contribution in [2.45, 2.75) is 18.2 Å². The van der Waals surface area contributed by atoms with Crippen molar-refractivity contribution in [3.8, 4) is 5.75 Å². The van der Waals surface area contributed by atoms with Gasteiger partial charge < -0.3 is 15.4 Å². The standard InChI is InChI=1S/C15H24N2O4S/c1-12(15(18)17-10-4-9-16-2)11-22(19,20)14-7-5-13(21-3)6-8-14/h5-8,12,16H,4,9-11H2,1-3H3,(H,17,18). The van der Waals surface area contributed by atoms with E-state index in [2.05, 4.69) is 10.6 Å². The zero-order valence-electron chi connectivity index (χ0n) is 13.3. The number of carbonyl (C=O) groups excluding carboxylic acids is 1. The fourth-order valence-corrected chi connectivity index (χ4v) is 3.49. The first kappa shape index (κ1) is 18.4. The van der Waals surface area contributed by atoms with Crippen LogP contribution in [0.25, 0.3) is 0 Å². The zero-order chi connectivity index (χ0) is 16.6. The average Bonchev–Trinajstić information content (AvgIpc) is 2.51. The van der Waals surface area contributed by atoms with Crippen LogP contribution in [0.5, 0.6) is 5.75 Å². The predicted molar refractivity (Wildman–Crippen MR) is 85.8 cm³/mol. The molecule has 0 aliphatic heterocycles. The lowest BCUT2D eigenvalue weighted by Gasteiger charge is -2.13. The molecule has 0 fully saturated rings. The third-order valence-electron chi connectivity index (χ3n) is 3.24. The largest absolute Gasteiger partial charge is 0.497 e. The first-order chi connectivity index (χ1) is 10.4. The molecule has 1 rings (SSSR count). The van der Waals surface area contributed by atoms with E-state index in [1.54, 1.807) is 19.1 Å². The molecule has 0 aliphatic carbocycles. The third-order valence-corrected chi connectivity index (χ3v) is 5.17. The summed E-state index contributed by atoms with van der Waals surface area (Å²) in [5.41, 5.74) is 0. The molecule has 0 spiro atoms. The van der Waals surface area contributed by atoms with Crippen molar-refractivity contribution in [1.29, 1.82) is 0 Å². The summed E-state index contributed by atoms with van der Waals surface area (Å²) in [7, 11) is -0.137. The number of ether oxygens (including phenoxy) is 1. The lowest BCUT2D eigenvalue weighted by Crippen LogP contribution is -2.34. The minimum Gasteiger partial charge on any atom is -0.497 e. The van der Waals surface area contributed by atoms with E-state index in [9.17, 15) is 13.2 Å². The number of amides is 1. The predicted octanol–water partition coefficient (Wildman–Crippen LogP) is 0.831. The van der Waals surface area contributed by atoms with Crippen molar-refractivity contribution in [1.82, 2.24) is 10.6 Å². The monoisotopic (exact) mass is 328 g/mol. The Labute approximate surface area is 132 Å². The Kier molecular flexibility index (Phi) is 7.34. The molecule has 0 saturated heterocycles. The van der Waals surface area contributed by atoms with Crippen LogP contribution < -0.4 is 15.4 Å². The van der Waals surface area contributed by atoms with Crippen molar-refractivity contribution in [3.63, 3.8) is 0 Å². The van der Waals surface area contributed by atoms with E-state index in [1.165, 1.54) is 19.2 Å². The van der Waals surface area contributed by atoms with Gasteiger partial charge in [-0.2, -0.15) is 0 Å². The molecule has 0 heterocycles. The number of sulfone groups is 1. The number of methoxy groups -OCH3 is 1. The van der Waals surface area contributed by atoms with Gasteiger partial charge in [-0.1, -0.05) is 6.92 Å². The number of hydrogen-bond acceptors (Lipinski definition) is 5. The van der Waals surface area contributed by atoms with E-state index in [-0.39, 0.29) is 16.6 Å². The molecule has 1 aromatic rings. The highest BCUT2D eigenvalue weighted by Crippen LogP contribution is 2.18. The molecule has 6 nitrogen and oxygen atoms in total. The molecule has 0 radical (unpaired) electrons. The molecular weight excluding hydrogens is 304 g/mol. The summed E-state index contributed by atoms with van der Waals surface area (Å²) in [6.07, 6.45) is 0.806. The summed E-state index contributed by atoms with van der Waals surface area (Å²) in [4.78, 5) is 12.1. The normalized spacial score (nSPS) is 12.7. The summed E-state index contributed by atoms with van der Waals surface area (Å²) in [5, 5.41) is 5.73. The molecule has 0 bridgehead atoms. The van der Waals surface area contributed by atoms with Crippen LogP contribution >= 0.6 is 0 Å². The molecular formula is C15H24N2O4S. The highest BCUT2D eigenvalue weighted by molar-refractivity contribution is 7.91. The molecule has 2 N–H and O–H groups in total. The summed E-state index contributed by atoms with van der Waals surface area (Å²) in [6.45, 7) is 2.96. The second-order valence-electron chi connectivity index (χ2n) is 5.11. The van der Waals surface area contributed by atoms with Gasteiger partial charge >= 0.3 is 0 Å². The number of hydrogen-bond donors (Lipinski definition) is 2. The molecule has 1 unspecified atom stereocenters. The Morgan fingerprint density at radius 1 is 1.23 bits per heavy atom. The van der Waals surface area contributed by atoms with Gasteiger partial charge in [0.2, 0.25) is 5.91 Å². The number of rotatable bonds is 9. The summed E-state index contributed by atoms with van der Waals surface area (Å²) in [5.74, 6) is -0.457. The smallest absolute Gasteiger partial charge is 0.223 e. The highest BCUT2D eigenvalue weighted by atomic mass is 32.2. The van der Waals surface area contributed by atoms with E-state index in [4.69, 9.17) is 4.74 Å². The molecule has 1 aromatic carbocycles. The van der Waals surface area contributed by atoms with Gasteiger partial charge in [0.05, 0.1) is 17.8 Å². The van der Waals surface area contributed by atoms with E-state index < -0.39 is 15.8 Å². The van der Waals surface area contributed by atoms with Gasteiger partial charge in [0.1, 0.15) is 5.75 Å². The molecule has 1 atom stereocenters. The fraction of sp³-hybridized carbons (Fsp3) is 0.533. The van der Waals surface area contributed by atoms with Crippen molar-refractivity contribution in [2.24, 2.45) is 5.92 Å². The first-order valence-corrected chi connectivity index (χ1v) is 8.85. The van der Waals surface area contributed by atoms with Crippen LogP contribution in [0.15, 0.2) is 29.2 Å². The lowest BCUT2D eigenvalue weighted by atomic mass is 10.2. The van der Waals surface area contributed by atoms with Gasteiger partial charge in [-0.25, -0.2) is 8.42 Å². The van der Waals surface area contributed by atoms with Crippen LogP contribution in [-0.4, -0.2) is 47.3 Å². The van der Waals surface area contributed by atoms with Gasteiger partial charge in [-0.15, -0.1) is 0 Å². The molecule has 0 aromatic heterocycles. The van der Waals surface area contributed by atoms with Crippen molar-refractivity contribution < 1.29 is 17.9 Å². The SMILES string of the molecule is CNCCCNC(=O)C(C)CS(=O)(=O)c1ccc(OC)cc1. The van der Waals surface area contributed by atoms with Crippen molar-refractivity contribution in [2.75, 3.05) is 33.0 Å². The van der Waals surface area contributed by atoms with Gasteiger partial charge in [-0.3, -0.25) is 4.79 Å². The van der Waals surface area contributed by atoms with E-state index >= 15 is 0 Å². The molecule has 124 valence electrons. The maximum Gasteiger partial charge on any atom is 0.223 e. The Morgan fingerprint density at radius 3 is 2.41 bits per heavy atom. The fourth-order valence-electron chi connectivity index (χ4n) is 1.94. The number of carbonyl (C=O) groups is 1. The molecule has 0 saturated carbocycles. The first-order valence-electron chi connectivity index (χ1n) is 7.20. The topological polar surface area (TPSA) is 84.5 Å². The van der Waals surface area contributed by atoms with Crippen LogP contribution in [0.2, 0.25) is 0 Å².